The topological polar surface area (TPSA) is 37.8 Å². The van der Waals surface area contributed by atoms with Crippen LogP contribution < -0.4 is 5.32 Å². The number of hydrogen-bond donors (Lipinski definition) is 1. The molecule has 16 heavy (non-hydrogen) atoms. The van der Waals surface area contributed by atoms with Crippen LogP contribution in [0.3, 0.4) is 0 Å². The molecule has 0 aliphatic carbocycles. The first kappa shape index (κ1) is 10.8. The summed E-state index contributed by atoms with van der Waals surface area (Å²) in [6.07, 6.45) is 3.68. The monoisotopic (exact) mass is 219 g/mol. The quantitative estimate of drug-likeness (QED) is 0.803. The molecule has 0 unspecified atom stereocenters. The maximum atomic E-state index is 13.1. The number of unbranched alkanes of at least 4 members (excludes halogenated alkanes) is 1. The Balaban J connectivity index is 2.32. The van der Waals surface area contributed by atoms with Gasteiger partial charge in [-0.05, 0) is 24.6 Å². The Bertz CT molecular complexity index is 485. The summed E-state index contributed by atoms with van der Waals surface area (Å²) >= 11 is 0. The molecule has 0 fully saturated rings. The first-order chi connectivity index (χ1) is 7.81. The van der Waals surface area contributed by atoms with Gasteiger partial charge in [-0.2, -0.15) is 0 Å². The van der Waals surface area contributed by atoms with Crippen molar-refractivity contribution in [1.82, 2.24) is 9.97 Å². The SMILES string of the molecule is CCCCNc1ncnc2ccc(F)cc12. The largest absolute Gasteiger partial charge is 0.369 e. The van der Waals surface area contributed by atoms with Gasteiger partial charge in [-0.1, -0.05) is 13.3 Å². The lowest BCUT2D eigenvalue weighted by atomic mass is 10.2. The number of anilines is 1. The highest BCUT2D eigenvalue weighted by molar-refractivity contribution is 5.88. The molecule has 0 bridgehead atoms. The van der Waals surface area contributed by atoms with Crippen molar-refractivity contribution in [3.05, 3.63) is 30.3 Å². The van der Waals surface area contributed by atoms with Crippen LogP contribution in [0, 0.1) is 5.82 Å². The lowest BCUT2D eigenvalue weighted by Gasteiger charge is -2.07. The minimum absolute atomic E-state index is 0.263. The summed E-state index contributed by atoms with van der Waals surface area (Å²) in [6.45, 7) is 2.97. The van der Waals surface area contributed by atoms with Gasteiger partial charge in [0, 0.05) is 11.9 Å². The summed E-state index contributed by atoms with van der Waals surface area (Å²) in [7, 11) is 0. The maximum absolute atomic E-state index is 13.1. The number of rotatable bonds is 4. The molecule has 0 spiro atoms. The zero-order valence-electron chi connectivity index (χ0n) is 9.20. The molecule has 1 aromatic carbocycles. The van der Waals surface area contributed by atoms with Crippen LogP contribution in [0.15, 0.2) is 24.5 Å². The Labute approximate surface area is 93.7 Å². The summed E-state index contributed by atoms with van der Waals surface area (Å²) in [5.74, 6) is 0.443. The first-order valence-electron chi connectivity index (χ1n) is 5.45. The van der Waals surface area contributed by atoms with Gasteiger partial charge in [-0.15, -0.1) is 0 Å². The van der Waals surface area contributed by atoms with Gasteiger partial charge in [0.1, 0.15) is 18.0 Å². The van der Waals surface area contributed by atoms with Crippen molar-refractivity contribution in [2.24, 2.45) is 0 Å². The fourth-order valence-corrected chi connectivity index (χ4v) is 1.55. The van der Waals surface area contributed by atoms with E-state index >= 15 is 0 Å². The molecule has 0 saturated heterocycles. The number of benzene rings is 1. The van der Waals surface area contributed by atoms with Gasteiger partial charge in [0.15, 0.2) is 0 Å². The summed E-state index contributed by atoms with van der Waals surface area (Å²) in [4.78, 5) is 8.22. The van der Waals surface area contributed by atoms with Crippen molar-refractivity contribution in [2.75, 3.05) is 11.9 Å². The van der Waals surface area contributed by atoms with E-state index in [4.69, 9.17) is 0 Å². The molecule has 0 radical (unpaired) electrons. The van der Waals surface area contributed by atoms with Crippen molar-refractivity contribution in [2.45, 2.75) is 19.8 Å². The van der Waals surface area contributed by atoms with Gasteiger partial charge >= 0.3 is 0 Å². The molecule has 1 N–H and O–H groups in total. The average Bonchev–Trinajstić information content (AvgIpc) is 2.30. The van der Waals surface area contributed by atoms with Crippen molar-refractivity contribution < 1.29 is 4.39 Å². The number of hydrogen-bond acceptors (Lipinski definition) is 3. The van der Waals surface area contributed by atoms with Crippen LogP contribution in [-0.4, -0.2) is 16.5 Å². The molecule has 4 heteroatoms. The van der Waals surface area contributed by atoms with Crippen molar-refractivity contribution in [3.8, 4) is 0 Å². The van der Waals surface area contributed by atoms with E-state index in [0.717, 1.165) is 30.3 Å². The van der Waals surface area contributed by atoms with E-state index in [9.17, 15) is 4.39 Å². The van der Waals surface area contributed by atoms with Crippen LogP contribution in [0.1, 0.15) is 19.8 Å². The summed E-state index contributed by atoms with van der Waals surface area (Å²) in [5.41, 5.74) is 0.760. The van der Waals surface area contributed by atoms with E-state index in [-0.39, 0.29) is 5.82 Å². The zero-order chi connectivity index (χ0) is 11.4. The number of aromatic nitrogens is 2. The average molecular weight is 219 g/mol. The van der Waals surface area contributed by atoms with Crippen LogP contribution in [-0.2, 0) is 0 Å². The molecule has 0 aliphatic rings. The van der Waals surface area contributed by atoms with Gasteiger partial charge in [-0.3, -0.25) is 0 Å². The van der Waals surface area contributed by atoms with Gasteiger partial charge in [-0.25, -0.2) is 14.4 Å². The molecule has 0 amide bonds. The number of nitrogens with one attached hydrogen (secondary N) is 1. The maximum Gasteiger partial charge on any atom is 0.137 e. The standard InChI is InChI=1S/C12H14FN3/c1-2-3-6-14-12-10-7-9(13)4-5-11(10)15-8-16-12/h4-5,7-8H,2-3,6H2,1H3,(H,14,15,16). The van der Waals surface area contributed by atoms with Crippen LogP contribution in [0.5, 0.6) is 0 Å². The third kappa shape index (κ3) is 2.27. The molecule has 1 heterocycles. The molecule has 2 aromatic rings. The Morgan fingerprint density at radius 1 is 1.31 bits per heavy atom. The molecular weight excluding hydrogens is 205 g/mol. The first-order valence-corrected chi connectivity index (χ1v) is 5.45. The van der Waals surface area contributed by atoms with Crippen LogP contribution in [0.25, 0.3) is 10.9 Å². The van der Waals surface area contributed by atoms with E-state index in [2.05, 4.69) is 22.2 Å². The van der Waals surface area contributed by atoms with Gasteiger partial charge in [0.25, 0.3) is 0 Å². The van der Waals surface area contributed by atoms with Crippen molar-refractivity contribution in [1.29, 1.82) is 0 Å². The molecular formula is C12H14FN3. The Morgan fingerprint density at radius 2 is 2.19 bits per heavy atom. The predicted octanol–water partition coefficient (Wildman–Crippen LogP) is 2.98. The molecule has 3 nitrogen and oxygen atoms in total. The Hall–Kier alpha value is -1.71. The van der Waals surface area contributed by atoms with E-state index in [1.807, 2.05) is 0 Å². The fraction of sp³-hybridized carbons (Fsp3) is 0.333. The molecule has 0 aliphatic heterocycles. The van der Waals surface area contributed by atoms with E-state index in [0.29, 0.717) is 5.82 Å². The second-order valence-electron chi connectivity index (χ2n) is 3.66. The van der Waals surface area contributed by atoms with E-state index in [1.165, 1.54) is 18.5 Å². The second kappa shape index (κ2) is 4.88. The highest BCUT2D eigenvalue weighted by Gasteiger charge is 2.03. The summed E-state index contributed by atoms with van der Waals surface area (Å²) in [5, 5.41) is 3.93. The number of nitrogens with zero attached hydrogens (tertiary/aromatic N) is 2. The van der Waals surface area contributed by atoms with Crippen LogP contribution in [0.4, 0.5) is 10.2 Å². The van der Waals surface area contributed by atoms with Crippen LogP contribution >= 0.6 is 0 Å². The van der Waals surface area contributed by atoms with Crippen molar-refractivity contribution in [3.63, 3.8) is 0 Å². The Kier molecular flexibility index (Phi) is 3.29. The van der Waals surface area contributed by atoms with Gasteiger partial charge in [0.2, 0.25) is 0 Å². The normalized spacial score (nSPS) is 10.6. The zero-order valence-corrected chi connectivity index (χ0v) is 9.20. The number of halogens is 1. The summed E-state index contributed by atoms with van der Waals surface area (Å²) in [6, 6.07) is 4.53. The second-order valence-corrected chi connectivity index (χ2v) is 3.66. The third-order valence-electron chi connectivity index (χ3n) is 2.42. The highest BCUT2D eigenvalue weighted by atomic mass is 19.1. The minimum atomic E-state index is -0.263. The van der Waals surface area contributed by atoms with E-state index < -0.39 is 0 Å². The molecule has 0 saturated carbocycles. The number of fused-ring (bicyclic) bond motifs is 1. The van der Waals surface area contributed by atoms with Gasteiger partial charge < -0.3 is 5.32 Å². The van der Waals surface area contributed by atoms with Crippen LogP contribution in [0.2, 0.25) is 0 Å². The molecule has 1 aromatic heterocycles. The molecule has 0 atom stereocenters. The molecule has 84 valence electrons. The third-order valence-corrected chi connectivity index (χ3v) is 2.42. The predicted molar refractivity (Wildman–Crippen MR) is 62.9 cm³/mol. The minimum Gasteiger partial charge on any atom is -0.369 e. The lowest BCUT2D eigenvalue weighted by Crippen LogP contribution is -2.03. The Morgan fingerprint density at radius 3 is 3.00 bits per heavy atom. The highest BCUT2D eigenvalue weighted by Crippen LogP contribution is 2.19. The lowest BCUT2D eigenvalue weighted by molar-refractivity contribution is 0.629. The smallest absolute Gasteiger partial charge is 0.137 e. The summed E-state index contributed by atoms with van der Waals surface area (Å²) < 4.78 is 13.1. The van der Waals surface area contributed by atoms with Crippen molar-refractivity contribution >= 4 is 16.7 Å². The van der Waals surface area contributed by atoms with Gasteiger partial charge in [0.05, 0.1) is 5.52 Å². The van der Waals surface area contributed by atoms with E-state index in [1.54, 1.807) is 6.07 Å². The molecule has 2 rings (SSSR count). The fourth-order valence-electron chi connectivity index (χ4n) is 1.55.